The van der Waals surface area contributed by atoms with Crippen LogP contribution in [-0.4, -0.2) is 38.4 Å². The number of nitrogens with zero attached hydrogens (tertiary/aromatic N) is 1. The summed E-state index contributed by atoms with van der Waals surface area (Å²) in [5, 5.41) is 0. The number of rotatable bonds is 4. The lowest BCUT2D eigenvalue weighted by Crippen LogP contribution is -2.41. The van der Waals surface area contributed by atoms with Crippen molar-refractivity contribution in [2.75, 3.05) is 13.7 Å². The highest BCUT2D eigenvalue weighted by atomic mass is 32.2. The van der Waals surface area contributed by atoms with Crippen LogP contribution in [0, 0.1) is 0 Å². The predicted molar refractivity (Wildman–Crippen MR) is 74.7 cm³/mol. The van der Waals surface area contributed by atoms with Gasteiger partial charge < -0.3 is 4.74 Å². The van der Waals surface area contributed by atoms with Crippen LogP contribution in [0.5, 0.6) is 0 Å². The molecule has 1 aliphatic rings. The van der Waals surface area contributed by atoms with Crippen LogP contribution in [0.25, 0.3) is 0 Å². The number of sulfonamides is 1. The molecule has 1 aromatic carbocycles. The summed E-state index contributed by atoms with van der Waals surface area (Å²) in [6, 6.07) is 6.10. The molecular formula is C14H19NO4S. The number of aryl methyl sites for hydroxylation is 1. The zero-order valence-corrected chi connectivity index (χ0v) is 12.5. The van der Waals surface area contributed by atoms with Crippen molar-refractivity contribution in [1.82, 2.24) is 4.31 Å². The highest BCUT2D eigenvalue weighted by Gasteiger charge is 2.39. The third kappa shape index (κ3) is 2.71. The van der Waals surface area contributed by atoms with Gasteiger partial charge in [0.1, 0.15) is 6.04 Å². The number of ether oxygens (including phenoxy) is 1. The van der Waals surface area contributed by atoms with Crippen molar-refractivity contribution in [2.24, 2.45) is 0 Å². The second kappa shape index (κ2) is 5.93. The van der Waals surface area contributed by atoms with Gasteiger partial charge in [0.25, 0.3) is 0 Å². The number of benzene rings is 1. The molecule has 1 aliphatic heterocycles. The minimum absolute atomic E-state index is 0.227. The van der Waals surface area contributed by atoms with E-state index in [1.54, 1.807) is 24.3 Å². The lowest BCUT2D eigenvalue weighted by atomic mass is 10.2. The molecule has 6 heteroatoms. The number of hydrogen-bond donors (Lipinski definition) is 0. The smallest absolute Gasteiger partial charge is 0.324 e. The van der Waals surface area contributed by atoms with Crippen LogP contribution < -0.4 is 0 Å². The van der Waals surface area contributed by atoms with E-state index in [4.69, 9.17) is 0 Å². The lowest BCUT2D eigenvalue weighted by molar-refractivity contribution is -0.144. The normalized spacial score (nSPS) is 20.0. The predicted octanol–water partition coefficient (Wildman–Crippen LogP) is 1.58. The van der Waals surface area contributed by atoms with Gasteiger partial charge in [0.05, 0.1) is 12.0 Å². The number of methoxy groups -OCH3 is 1. The average molecular weight is 297 g/mol. The maximum absolute atomic E-state index is 12.6. The Bertz CT molecular complexity index is 580. The molecule has 1 heterocycles. The monoisotopic (exact) mass is 297 g/mol. The molecule has 0 saturated carbocycles. The molecule has 20 heavy (non-hydrogen) atoms. The Morgan fingerprint density at radius 3 is 2.55 bits per heavy atom. The van der Waals surface area contributed by atoms with Gasteiger partial charge in [-0.1, -0.05) is 19.1 Å². The van der Waals surface area contributed by atoms with Crippen LogP contribution in [0.4, 0.5) is 0 Å². The Hall–Kier alpha value is -1.40. The van der Waals surface area contributed by atoms with Gasteiger partial charge in [0.2, 0.25) is 10.0 Å². The molecule has 1 fully saturated rings. The van der Waals surface area contributed by atoms with E-state index in [1.807, 2.05) is 6.92 Å². The van der Waals surface area contributed by atoms with Crippen molar-refractivity contribution in [3.63, 3.8) is 0 Å². The fourth-order valence-corrected chi connectivity index (χ4v) is 4.08. The summed E-state index contributed by atoms with van der Waals surface area (Å²) >= 11 is 0. The third-order valence-electron chi connectivity index (χ3n) is 3.62. The standard InChI is InChI=1S/C14H19NO4S/c1-3-11-6-8-12(9-7-11)20(17,18)15-10-4-5-13(15)14(16)19-2/h6-9,13H,3-5,10H2,1-2H3/t13-/m1/s1. The van der Waals surface area contributed by atoms with E-state index in [0.29, 0.717) is 19.4 Å². The van der Waals surface area contributed by atoms with Crippen molar-refractivity contribution < 1.29 is 17.9 Å². The summed E-state index contributed by atoms with van der Waals surface area (Å²) in [5.74, 6) is -0.490. The number of esters is 1. The van der Waals surface area contributed by atoms with Gasteiger partial charge in [-0.2, -0.15) is 4.31 Å². The highest BCUT2D eigenvalue weighted by molar-refractivity contribution is 7.89. The Balaban J connectivity index is 2.31. The van der Waals surface area contributed by atoms with Crippen molar-refractivity contribution in [3.8, 4) is 0 Å². The first-order chi connectivity index (χ1) is 9.50. The summed E-state index contributed by atoms with van der Waals surface area (Å²) in [6.07, 6.45) is 2.04. The number of carbonyl (C=O) groups is 1. The van der Waals surface area contributed by atoms with Gasteiger partial charge in [0, 0.05) is 6.54 Å². The molecule has 110 valence electrons. The van der Waals surface area contributed by atoms with E-state index in [1.165, 1.54) is 11.4 Å². The first-order valence-electron chi connectivity index (χ1n) is 6.69. The van der Waals surface area contributed by atoms with Crippen LogP contribution in [0.2, 0.25) is 0 Å². The zero-order valence-electron chi connectivity index (χ0n) is 11.7. The fraction of sp³-hybridized carbons (Fsp3) is 0.500. The second-order valence-electron chi connectivity index (χ2n) is 4.79. The largest absolute Gasteiger partial charge is 0.468 e. The summed E-state index contributed by atoms with van der Waals surface area (Å²) in [6.45, 7) is 2.37. The molecule has 1 saturated heterocycles. The molecule has 0 amide bonds. The van der Waals surface area contributed by atoms with Crippen LogP contribution in [-0.2, 0) is 26.0 Å². The van der Waals surface area contributed by atoms with Crippen LogP contribution in [0.15, 0.2) is 29.2 Å². The number of carbonyl (C=O) groups excluding carboxylic acids is 1. The highest BCUT2D eigenvalue weighted by Crippen LogP contribution is 2.26. The minimum Gasteiger partial charge on any atom is -0.468 e. The molecule has 2 rings (SSSR count). The molecule has 0 unspecified atom stereocenters. The van der Waals surface area contributed by atoms with Crippen LogP contribution in [0.1, 0.15) is 25.3 Å². The number of hydrogen-bond acceptors (Lipinski definition) is 4. The van der Waals surface area contributed by atoms with Gasteiger partial charge in [-0.15, -0.1) is 0 Å². The van der Waals surface area contributed by atoms with Crippen LogP contribution >= 0.6 is 0 Å². The molecule has 0 N–H and O–H groups in total. The molecule has 5 nitrogen and oxygen atoms in total. The summed E-state index contributed by atoms with van der Waals surface area (Å²) in [4.78, 5) is 11.9. The van der Waals surface area contributed by atoms with Gasteiger partial charge >= 0.3 is 5.97 Å². The minimum atomic E-state index is -3.64. The first-order valence-corrected chi connectivity index (χ1v) is 8.13. The maximum Gasteiger partial charge on any atom is 0.324 e. The second-order valence-corrected chi connectivity index (χ2v) is 6.69. The van der Waals surface area contributed by atoms with Crippen molar-refractivity contribution in [2.45, 2.75) is 37.1 Å². The van der Waals surface area contributed by atoms with Gasteiger partial charge in [-0.25, -0.2) is 8.42 Å². The molecule has 0 bridgehead atoms. The molecule has 0 aromatic heterocycles. The molecule has 0 spiro atoms. The molecule has 0 radical (unpaired) electrons. The van der Waals surface area contributed by atoms with Crippen LogP contribution in [0.3, 0.4) is 0 Å². The fourth-order valence-electron chi connectivity index (χ4n) is 2.43. The molecule has 1 atom stereocenters. The summed E-state index contributed by atoms with van der Waals surface area (Å²) < 4.78 is 31.1. The molecule has 1 aromatic rings. The Kier molecular flexibility index (Phi) is 4.45. The Morgan fingerprint density at radius 2 is 2.00 bits per heavy atom. The first kappa shape index (κ1) is 15.0. The maximum atomic E-state index is 12.6. The van der Waals surface area contributed by atoms with E-state index in [9.17, 15) is 13.2 Å². The van der Waals surface area contributed by atoms with E-state index in [2.05, 4.69) is 4.74 Å². The lowest BCUT2D eigenvalue weighted by Gasteiger charge is -2.22. The van der Waals surface area contributed by atoms with E-state index >= 15 is 0 Å². The zero-order chi connectivity index (χ0) is 14.8. The molecule has 0 aliphatic carbocycles. The van der Waals surface area contributed by atoms with Crippen molar-refractivity contribution in [3.05, 3.63) is 29.8 Å². The Morgan fingerprint density at radius 1 is 1.35 bits per heavy atom. The van der Waals surface area contributed by atoms with E-state index in [-0.39, 0.29) is 4.90 Å². The van der Waals surface area contributed by atoms with E-state index < -0.39 is 22.0 Å². The van der Waals surface area contributed by atoms with Gasteiger partial charge in [-0.3, -0.25) is 4.79 Å². The summed E-state index contributed by atoms with van der Waals surface area (Å²) in [7, 11) is -2.36. The quantitative estimate of drug-likeness (QED) is 0.791. The Labute approximate surface area is 119 Å². The summed E-state index contributed by atoms with van der Waals surface area (Å²) in [5.41, 5.74) is 1.08. The average Bonchev–Trinajstić information content (AvgIpc) is 2.96. The SMILES string of the molecule is CCc1ccc(S(=O)(=O)N2CCC[C@@H]2C(=O)OC)cc1. The van der Waals surface area contributed by atoms with Gasteiger partial charge in [0.15, 0.2) is 0 Å². The van der Waals surface area contributed by atoms with Gasteiger partial charge in [-0.05, 0) is 37.0 Å². The topological polar surface area (TPSA) is 63.7 Å². The van der Waals surface area contributed by atoms with Crippen molar-refractivity contribution in [1.29, 1.82) is 0 Å². The third-order valence-corrected chi connectivity index (χ3v) is 5.54. The van der Waals surface area contributed by atoms with E-state index in [0.717, 1.165) is 12.0 Å². The van der Waals surface area contributed by atoms with Crippen molar-refractivity contribution >= 4 is 16.0 Å². The molecular weight excluding hydrogens is 278 g/mol.